The summed E-state index contributed by atoms with van der Waals surface area (Å²) >= 11 is 0. The molecule has 0 bridgehead atoms. The Hall–Kier alpha value is -1.95. The Morgan fingerprint density at radius 2 is 2.00 bits per heavy atom. The molecule has 136 valence electrons. The van der Waals surface area contributed by atoms with Gasteiger partial charge in [0.15, 0.2) is 0 Å². The number of piperidine rings is 1. The minimum absolute atomic E-state index is 0.558. The van der Waals surface area contributed by atoms with Crippen molar-refractivity contribution in [2.24, 2.45) is 0 Å². The highest BCUT2D eigenvalue weighted by atomic mass is 15.2. The first-order valence-corrected chi connectivity index (χ1v) is 9.39. The standard InChI is InChI=1S/C19H30N6/c1-5-6-16-11-20-15(4)22-19(16)25-9-7-17(8-10-25)21-12-18-13(2)23-24-14(18)3/h11,17,21H,5-10,12H2,1-4H3,(H,23,24). The molecule has 0 aromatic carbocycles. The van der Waals surface area contributed by atoms with Gasteiger partial charge in [-0.25, -0.2) is 9.97 Å². The maximum Gasteiger partial charge on any atom is 0.135 e. The van der Waals surface area contributed by atoms with Gasteiger partial charge in [-0.15, -0.1) is 0 Å². The van der Waals surface area contributed by atoms with E-state index < -0.39 is 0 Å². The van der Waals surface area contributed by atoms with Gasteiger partial charge in [-0.2, -0.15) is 5.10 Å². The summed E-state index contributed by atoms with van der Waals surface area (Å²) in [5, 5.41) is 11.1. The minimum atomic E-state index is 0.558. The van der Waals surface area contributed by atoms with Crippen LogP contribution in [-0.4, -0.2) is 39.3 Å². The minimum Gasteiger partial charge on any atom is -0.356 e. The average molecular weight is 342 g/mol. The average Bonchev–Trinajstić information content (AvgIpc) is 2.93. The van der Waals surface area contributed by atoms with Crippen LogP contribution < -0.4 is 10.2 Å². The van der Waals surface area contributed by atoms with E-state index in [-0.39, 0.29) is 0 Å². The lowest BCUT2D eigenvalue weighted by Crippen LogP contribution is -2.43. The molecule has 0 amide bonds. The van der Waals surface area contributed by atoms with E-state index in [4.69, 9.17) is 4.98 Å². The lowest BCUT2D eigenvalue weighted by Gasteiger charge is -2.34. The van der Waals surface area contributed by atoms with Crippen LogP contribution in [-0.2, 0) is 13.0 Å². The van der Waals surface area contributed by atoms with E-state index in [0.717, 1.165) is 62.7 Å². The molecule has 2 aromatic heterocycles. The summed E-state index contributed by atoms with van der Waals surface area (Å²) in [6.45, 7) is 11.3. The Labute approximate surface area is 150 Å². The van der Waals surface area contributed by atoms with Crippen molar-refractivity contribution < 1.29 is 0 Å². The van der Waals surface area contributed by atoms with Gasteiger partial charge in [-0.05, 0) is 40.0 Å². The summed E-state index contributed by atoms with van der Waals surface area (Å²) < 4.78 is 0. The summed E-state index contributed by atoms with van der Waals surface area (Å²) in [4.78, 5) is 11.6. The van der Waals surface area contributed by atoms with Gasteiger partial charge in [0.1, 0.15) is 11.6 Å². The molecule has 0 spiro atoms. The molecule has 1 aliphatic rings. The van der Waals surface area contributed by atoms with Gasteiger partial charge < -0.3 is 10.2 Å². The Morgan fingerprint density at radius 3 is 2.64 bits per heavy atom. The van der Waals surface area contributed by atoms with E-state index in [1.54, 1.807) is 0 Å². The summed E-state index contributed by atoms with van der Waals surface area (Å²) in [5.74, 6) is 2.01. The zero-order valence-corrected chi connectivity index (χ0v) is 15.9. The number of anilines is 1. The van der Waals surface area contributed by atoms with Crippen molar-refractivity contribution in [3.8, 4) is 0 Å². The number of nitrogens with one attached hydrogen (secondary N) is 2. The van der Waals surface area contributed by atoms with Crippen molar-refractivity contribution in [2.75, 3.05) is 18.0 Å². The number of nitrogens with zero attached hydrogens (tertiary/aromatic N) is 4. The molecule has 0 saturated carbocycles. The predicted molar refractivity (Wildman–Crippen MR) is 101 cm³/mol. The van der Waals surface area contributed by atoms with Crippen LogP contribution in [0, 0.1) is 20.8 Å². The number of hydrogen-bond acceptors (Lipinski definition) is 5. The largest absolute Gasteiger partial charge is 0.356 e. The molecule has 6 heteroatoms. The van der Waals surface area contributed by atoms with Crippen molar-refractivity contribution in [3.63, 3.8) is 0 Å². The number of aryl methyl sites for hydroxylation is 4. The van der Waals surface area contributed by atoms with Crippen LogP contribution in [0.2, 0.25) is 0 Å². The van der Waals surface area contributed by atoms with E-state index >= 15 is 0 Å². The molecule has 2 aromatic rings. The van der Waals surface area contributed by atoms with Gasteiger partial charge in [-0.3, -0.25) is 5.10 Å². The highest BCUT2D eigenvalue weighted by Crippen LogP contribution is 2.23. The first-order chi connectivity index (χ1) is 12.1. The Morgan fingerprint density at radius 1 is 1.24 bits per heavy atom. The third-order valence-corrected chi connectivity index (χ3v) is 5.12. The smallest absolute Gasteiger partial charge is 0.135 e. The molecule has 0 radical (unpaired) electrons. The van der Waals surface area contributed by atoms with Crippen LogP contribution in [0.1, 0.15) is 54.5 Å². The fraction of sp³-hybridized carbons (Fsp3) is 0.632. The number of H-pyrrole nitrogens is 1. The number of rotatable bonds is 6. The van der Waals surface area contributed by atoms with Crippen LogP contribution in [0.4, 0.5) is 5.82 Å². The van der Waals surface area contributed by atoms with Crippen molar-refractivity contribution >= 4 is 5.82 Å². The first kappa shape index (κ1) is 17.9. The zero-order chi connectivity index (χ0) is 17.8. The highest BCUT2D eigenvalue weighted by Gasteiger charge is 2.22. The molecule has 0 unspecified atom stereocenters. The number of aromatic nitrogens is 4. The maximum atomic E-state index is 4.73. The fourth-order valence-corrected chi connectivity index (χ4v) is 3.58. The molecule has 0 aliphatic carbocycles. The van der Waals surface area contributed by atoms with Gasteiger partial charge in [-0.1, -0.05) is 13.3 Å². The first-order valence-electron chi connectivity index (χ1n) is 9.39. The molecular formula is C19H30N6. The van der Waals surface area contributed by atoms with E-state index in [0.29, 0.717) is 6.04 Å². The van der Waals surface area contributed by atoms with Gasteiger partial charge in [0.25, 0.3) is 0 Å². The third kappa shape index (κ3) is 4.18. The normalized spacial score (nSPS) is 15.8. The number of hydrogen-bond donors (Lipinski definition) is 2. The third-order valence-electron chi connectivity index (χ3n) is 5.12. The molecule has 6 nitrogen and oxygen atoms in total. The highest BCUT2D eigenvalue weighted by molar-refractivity contribution is 5.46. The summed E-state index contributed by atoms with van der Waals surface area (Å²) in [6.07, 6.45) is 6.47. The fourth-order valence-electron chi connectivity index (χ4n) is 3.58. The second kappa shape index (κ2) is 7.95. The quantitative estimate of drug-likeness (QED) is 0.845. The second-order valence-corrected chi connectivity index (χ2v) is 7.07. The van der Waals surface area contributed by atoms with Crippen LogP contribution in [0.5, 0.6) is 0 Å². The molecule has 3 heterocycles. The summed E-state index contributed by atoms with van der Waals surface area (Å²) in [7, 11) is 0. The molecule has 3 rings (SSSR count). The van der Waals surface area contributed by atoms with E-state index in [1.807, 2.05) is 13.1 Å². The SMILES string of the molecule is CCCc1cnc(C)nc1N1CCC(NCc2c(C)n[nH]c2C)CC1. The molecule has 25 heavy (non-hydrogen) atoms. The maximum absolute atomic E-state index is 4.73. The zero-order valence-electron chi connectivity index (χ0n) is 15.9. The van der Waals surface area contributed by atoms with Crippen molar-refractivity contribution in [2.45, 2.75) is 66.0 Å². The second-order valence-electron chi connectivity index (χ2n) is 7.07. The Balaban J connectivity index is 1.58. The number of aromatic amines is 1. The molecule has 2 N–H and O–H groups in total. The van der Waals surface area contributed by atoms with Crippen molar-refractivity contribution in [1.29, 1.82) is 0 Å². The van der Waals surface area contributed by atoms with Gasteiger partial charge >= 0.3 is 0 Å². The topological polar surface area (TPSA) is 69.7 Å². The lowest BCUT2D eigenvalue weighted by molar-refractivity contribution is 0.411. The molecule has 1 aliphatic heterocycles. The van der Waals surface area contributed by atoms with Gasteiger partial charge in [0, 0.05) is 48.7 Å². The summed E-state index contributed by atoms with van der Waals surface area (Å²) in [5.41, 5.74) is 4.86. The molecular weight excluding hydrogens is 312 g/mol. The van der Waals surface area contributed by atoms with Crippen LogP contribution in [0.3, 0.4) is 0 Å². The molecule has 1 fully saturated rings. The summed E-state index contributed by atoms with van der Waals surface area (Å²) in [6, 6.07) is 0.558. The van der Waals surface area contributed by atoms with Crippen LogP contribution in [0.15, 0.2) is 6.20 Å². The van der Waals surface area contributed by atoms with Gasteiger partial charge in [0.05, 0.1) is 5.69 Å². The lowest BCUT2D eigenvalue weighted by atomic mass is 10.0. The molecule has 0 atom stereocenters. The van der Waals surface area contributed by atoms with E-state index in [9.17, 15) is 0 Å². The molecule has 1 saturated heterocycles. The van der Waals surface area contributed by atoms with Crippen LogP contribution in [0.25, 0.3) is 0 Å². The predicted octanol–water partition coefficient (Wildman–Crippen LogP) is 2.84. The van der Waals surface area contributed by atoms with E-state index in [1.165, 1.54) is 16.8 Å². The Bertz CT molecular complexity index is 680. The van der Waals surface area contributed by atoms with E-state index in [2.05, 4.69) is 46.2 Å². The van der Waals surface area contributed by atoms with Crippen LogP contribution >= 0.6 is 0 Å². The van der Waals surface area contributed by atoms with Gasteiger partial charge in [0.2, 0.25) is 0 Å². The monoisotopic (exact) mass is 342 g/mol. The van der Waals surface area contributed by atoms with Crippen molar-refractivity contribution in [1.82, 2.24) is 25.5 Å². The van der Waals surface area contributed by atoms with Crippen molar-refractivity contribution in [3.05, 3.63) is 34.5 Å². The Kier molecular flexibility index (Phi) is 5.68.